The molecule has 0 spiro atoms. The molecule has 116 valence electrons. The fourth-order valence-corrected chi connectivity index (χ4v) is 1.91. The summed E-state index contributed by atoms with van der Waals surface area (Å²) in [6, 6.07) is 14.1. The highest BCUT2D eigenvalue weighted by molar-refractivity contribution is 5.96. The van der Waals surface area contributed by atoms with Gasteiger partial charge >= 0.3 is 6.09 Å². The standard InChI is InChI=1S/C17H21N3O2/c1-17(2,3)22-16(21)20(14-8-4-12(18)5-9-14)15-10-6-13(19)7-11-15/h4-11H,18-19H2,1-3H3. The second kappa shape index (κ2) is 5.97. The van der Waals surface area contributed by atoms with Crippen LogP contribution in [0.25, 0.3) is 0 Å². The van der Waals surface area contributed by atoms with Gasteiger partial charge in [0.1, 0.15) is 5.60 Å². The topological polar surface area (TPSA) is 81.6 Å². The second-order valence-corrected chi connectivity index (χ2v) is 6.00. The molecule has 0 fully saturated rings. The molecule has 0 radical (unpaired) electrons. The average molecular weight is 299 g/mol. The molecule has 0 heterocycles. The lowest BCUT2D eigenvalue weighted by Gasteiger charge is -2.27. The second-order valence-electron chi connectivity index (χ2n) is 6.00. The fourth-order valence-electron chi connectivity index (χ4n) is 1.91. The van der Waals surface area contributed by atoms with Crippen molar-refractivity contribution in [2.45, 2.75) is 26.4 Å². The van der Waals surface area contributed by atoms with Crippen LogP contribution in [-0.4, -0.2) is 11.7 Å². The van der Waals surface area contributed by atoms with Crippen LogP contribution in [-0.2, 0) is 4.74 Å². The highest BCUT2D eigenvalue weighted by Gasteiger charge is 2.24. The van der Waals surface area contributed by atoms with E-state index in [0.29, 0.717) is 22.7 Å². The third kappa shape index (κ3) is 3.91. The Bertz CT molecular complexity index is 598. The molecule has 0 saturated heterocycles. The SMILES string of the molecule is CC(C)(C)OC(=O)N(c1ccc(N)cc1)c1ccc(N)cc1. The van der Waals surface area contributed by atoms with Gasteiger partial charge in [-0.15, -0.1) is 0 Å². The Hall–Kier alpha value is -2.69. The number of carbonyl (C=O) groups is 1. The number of ether oxygens (including phenoxy) is 1. The van der Waals surface area contributed by atoms with Crippen LogP contribution in [0, 0.1) is 0 Å². The van der Waals surface area contributed by atoms with Gasteiger partial charge in [0, 0.05) is 11.4 Å². The Balaban J connectivity index is 2.42. The molecule has 5 nitrogen and oxygen atoms in total. The Labute approximate surface area is 130 Å². The van der Waals surface area contributed by atoms with Crippen LogP contribution in [0.5, 0.6) is 0 Å². The van der Waals surface area contributed by atoms with Gasteiger partial charge in [0.2, 0.25) is 0 Å². The van der Waals surface area contributed by atoms with E-state index in [2.05, 4.69) is 0 Å². The average Bonchev–Trinajstić information content (AvgIpc) is 2.41. The molecule has 2 aromatic rings. The van der Waals surface area contributed by atoms with Crippen molar-refractivity contribution in [3.05, 3.63) is 48.5 Å². The largest absolute Gasteiger partial charge is 0.443 e. The summed E-state index contributed by atoms with van der Waals surface area (Å²) in [6.07, 6.45) is -0.456. The Morgan fingerprint density at radius 3 is 1.55 bits per heavy atom. The minimum Gasteiger partial charge on any atom is -0.443 e. The highest BCUT2D eigenvalue weighted by Crippen LogP contribution is 2.29. The van der Waals surface area contributed by atoms with Gasteiger partial charge in [-0.3, -0.25) is 0 Å². The summed E-state index contributed by atoms with van der Waals surface area (Å²) >= 11 is 0. The lowest BCUT2D eigenvalue weighted by molar-refractivity contribution is 0.0599. The van der Waals surface area contributed by atoms with E-state index in [-0.39, 0.29) is 0 Å². The number of carbonyl (C=O) groups excluding carboxylic acids is 1. The van der Waals surface area contributed by atoms with Gasteiger partial charge in [0.25, 0.3) is 0 Å². The summed E-state index contributed by atoms with van der Waals surface area (Å²) < 4.78 is 5.49. The number of amides is 1. The zero-order valence-corrected chi connectivity index (χ0v) is 13.0. The predicted octanol–water partition coefficient (Wildman–Crippen LogP) is 3.92. The van der Waals surface area contributed by atoms with Crippen LogP contribution in [0.15, 0.2) is 48.5 Å². The van der Waals surface area contributed by atoms with Crippen molar-refractivity contribution in [2.24, 2.45) is 0 Å². The van der Waals surface area contributed by atoms with Crippen LogP contribution in [0.3, 0.4) is 0 Å². The van der Waals surface area contributed by atoms with Gasteiger partial charge < -0.3 is 16.2 Å². The first-order valence-electron chi connectivity index (χ1n) is 7.00. The zero-order valence-electron chi connectivity index (χ0n) is 13.0. The number of nitrogen functional groups attached to an aromatic ring is 2. The van der Waals surface area contributed by atoms with E-state index in [1.165, 1.54) is 4.90 Å². The summed E-state index contributed by atoms with van der Waals surface area (Å²) in [5.41, 5.74) is 13.4. The van der Waals surface area contributed by atoms with E-state index in [4.69, 9.17) is 16.2 Å². The smallest absolute Gasteiger partial charge is 0.419 e. The Morgan fingerprint density at radius 1 is 0.864 bits per heavy atom. The number of benzene rings is 2. The van der Waals surface area contributed by atoms with Crippen LogP contribution >= 0.6 is 0 Å². The number of anilines is 4. The number of nitrogens with two attached hydrogens (primary N) is 2. The Morgan fingerprint density at radius 2 is 1.23 bits per heavy atom. The normalized spacial score (nSPS) is 11.0. The predicted molar refractivity (Wildman–Crippen MR) is 90.1 cm³/mol. The van der Waals surface area contributed by atoms with Crippen molar-refractivity contribution in [3.8, 4) is 0 Å². The van der Waals surface area contributed by atoms with Crippen molar-refractivity contribution in [1.29, 1.82) is 0 Å². The molecular formula is C17H21N3O2. The number of rotatable bonds is 2. The zero-order chi connectivity index (χ0) is 16.3. The minimum atomic E-state index is -0.586. The number of hydrogen-bond donors (Lipinski definition) is 2. The molecule has 0 aliphatic carbocycles. The van der Waals surface area contributed by atoms with Crippen LogP contribution in [0.2, 0.25) is 0 Å². The van der Waals surface area contributed by atoms with Gasteiger partial charge in [-0.2, -0.15) is 0 Å². The molecule has 0 bridgehead atoms. The summed E-state index contributed by atoms with van der Waals surface area (Å²) in [4.78, 5) is 14.1. The highest BCUT2D eigenvalue weighted by atomic mass is 16.6. The third-order valence-electron chi connectivity index (χ3n) is 2.88. The number of hydrogen-bond acceptors (Lipinski definition) is 4. The maximum atomic E-state index is 12.6. The maximum absolute atomic E-state index is 12.6. The Kier molecular flexibility index (Phi) is 4.26. The first kappa shape index (κ1) is 15.7. The van der Waals surface area contributed by atoms with Gasteiger partial charge in [0.05, 0.1) is 11.4 Å². The lowest BCUT2D eigenvalue weighted by Crippen LogP contribution is -2.33. The van der Waals surface area contributed by atoms with E-state index in [1.807, 2.05) is 20.8 Å². The molecule has 0 unspecified atom stereocenters. The van der Waals surface area contributed by atoms with E-state index < -0.39 is 11.7 Å². The molecule has 2 rings (SSSR count). The number of nitrogens with zero attached hydrogens (tertiary/aromatic N) is 1. The minimum absolute atomic E-state index is 0.456. The summed E-state index contributed by atoms with van der Waals surface area (Å²) in [6.45, 7) is 5.49. The van der Waals surface area contributed by atoms with Crippen molar-refractivity contribution in [3.63, 3.8) is 0 Å². The molecule has 0 aliphatic heterocycles. The molecular weight excluding hydrogens is 278 g/mol. The third-order valence-corrected chi connectivity index (χ3v) is 2.88. The first-order chi connectivity index (χ1) is 10.3. The maximum Gasteiger partial charge on any atom is 0.419 e. The molecule has 22 heavy (non-hydrogen) atoms. The van der Waals surface area contributed by atoms with E-state index in [1.54, 1.807) is 48.5 Å². The molecule has 0 saturated carbocycles. The van der Waals surface area contributed by atoms with Gasteiger partial charge in [-0.25, -0.2) is 9.69 Å². The fraction of sp³-hybridized carbons (Fsp3) is 0.235. The lowest BCUT2D eigenvalue weighted by atomic mass is 10.2. The monoisotopic (exact) mass is 299 g/mol. The quantitative estimate of drug-likeness (QED) is 0.823. The van der Waals surface area contributed by atoms with E-state index in [0.717, 1.165) is 0 Å². The molecule has 4 N–H and O–H groups in total. The van der Waals surface area contributed by atoms with Crippen LogP contribution < -0.4 is 16.4 Å². The van der Waals surface area contributed by atoms with Gasteiger partial charge in [0.15, 0.2) is 0 Å². The van der Waals surface area contributed by atoms with Gasteiger partial charge in [-0.1, -0.05) is 0 Å². The molecule has 5 heteroatoms. The molecule has 0 aliphatic rings. The van der Waals surface area contributed by atoms with Crippen LogP contribution in [0.4, 0.5) is 27.5 Å². The van der Waals surface area contributed by atoms with Crippen molar-refractivity contribution < 1.29 is 9.53 Å². The summed E-state index contributed by atoms with van der Waals surface area (Å²) in [7, 11) is 0. The van der Waals surface area contributed by atoms with E-state index in [9.17, 15) is 4.79 Å². The molecule has 1 amide bonds. The van der Waals surface area contributed by atoms with Crippen LogP contribution in [0.1, 0.15) is 20.8 Å². The first-order valence-corrected chi connectivity index (χ1v) is 7.00. The molecule has 0 aromatic heterocycles. The molecule has 0 atom stereocenters. The van der Waals surface area contributed by atoms with Gasteiger partial charge in [-0.05, 0) is 69.3 Å². The summed E-state index contributed by atoms with van der Waals surface area (Å²) in [5, 5.41) is 0. The van der Waals surface area contributed by atoms with Crippen molar-refractivity contribution >= 4 is 28.8 Å². The van der Waals surface area contributed by atoms with Crippen molar-refractivity contribution in [1.82, 2.24) is 0 Å². The van der Waals surface area contributed by atoms with E-state index >= 15 is 0 Å². The summed E-state index contributed by atoms with van der Waals surface area (Å²) in [5.74, 6) is 0. The van der Waals surface area contributed by atoms with Crippen molar-refractivity contribution in [2.75, 3.05) is 16.4 Å². The molecule has 2 aromatic carbocycles.